The standard InChI is InChI=1S/C8H14N2O2/c9-2-1-3-10-6-8-7-11-4-5-12-8/h8,10H,1,3-7H2. The number of nitrogens with zero attached hydrogens (tertiary/aromatic N) is 1. The van der Waals surface area contributed by atoms with Gasteiger partial charge in [-0.05, 0) is 0 Å². The van der Waals surface area contributed by atoms with Gasteiger partial charge in [0, 0.05) is 19.5 Å². The average Bonchev–Trinajstić information content (AvgIpc) is 2.14. The lowest BCUT2D eigenvalue weighted by Crippen LogP contribution is -2.37. The first kappa shape index (κ1) is 9.46. The normalized spacial score (nSPS) is 23.4. The van der Waals surface area contributed by atoms with Gasteiger partial charge in [-0.25, -0.2) is 0 Å². The molecule has 4 nitrogen and oxygen atoms in total. The number of hydrogen-bond donors (Lipinski definition) is 1. The third-order valence-corrected chi connectivity index (χ3v) is 1.67. The van der Waals surface area contributed by atoms with E-state index >= 15 is 0 Å². The van der Waals surface area contributed by atoms with Gasteiger partial charge >= 0.3 is 0 Å². The summed E-state index contributed by atoms with van der Waals surface area (Å²) < 4.78 is 10.6. The lowest BCUT2D eigenvalue weighted by molar-refractivity contribution is -0.0862. The molecule has 0 aromatic rings. The molecule has 1 rings (SSSR count). The maximum Gasteiger partial charge on any atom is 0.0933 e. The van der Waals surface area contributed by atoms with E-state index in [4.69, 9.17) is 14.7 Å². The Bertz CT molecular complexity index is 150. The van der Waals surface area contributed by atoms with E-state index in [0.29, 0.717) is 26.2 Å². The summed E-state index contributed by atoms with van der Waals surface area (Å²) in [7, 11) is 0. The highest BCUT2D eigenvalue weighted by Gasteiger charge is 2.12. The van der Waals surface area contributed by atoms with Crippen molar-refractivity contribution in [1.29, 1.82) is 5.26 Å². The molecule has 0 amide bonds. The van der Waals surface area contributed by atoms with Crippen molar-refractivity contribution >= 4 is 0 Å². The maximum atomic E-state index is 8.26. The summed E-state index contributed by atoms with van der Waals surface area (Å²) in [4.78, 5) is 0. The van der Waals surface area contributed by atoms with Crippen LogP contribution in [0, 0.1) is 11.3 Å². The zero-order valence-corrected chi connectivity index (χ0v) is 7.08. The molecule has 1 N–H and O–H groups in total. The molecule has 1 atom stereocenters. The van der Waals surface area contributed by atoms with E-state index in [1.165, 1.54) is 0 Å². The van der Waals surface area contributed by atoms with Gasteiger partial charge in [0.15, 0.2) is 0 Å². The largest absolute Gasteiger partial charge is 0.376 e. The number of rotatable bonds is 4. The highest BCUT2D eigenvalue weighted by Crippen LogP contribution is 1.98. The third-order valence-electron chi connectivity index (χ3n) is 1.67. The van der Waals surface area contributed by atoms with E-state index in [1.54, 1.807) is 0 Å². The Morgan fingerprint density at radius 3 is 3.08 bits per heavy atom. The lowest BCUT2D eigenvalue weighted by Gasteiger charge is -2.22. The predicted octanol–water partition coefficient (Wildman–Crippen LogP) is -0.0949. The van der Waals surface area contributed by atoms with Crippen LogP contribution in [0.3, 0.4) is 0 Å². The highest BCUT2D eigenvalue weighted by molar-refractivity contribution is 4.71. The second kappa shape index (κ2) is 5.95. The summed E-state index contributed by atoms with van der Waals surface area (Å²) in [6, 6.07) is 2.07. The quantitative estimate of drug-likeness (QED) is 0.599. The minimum absolute atomic E-state index is 0.164. The monoisotopic (exact) mass is 170 g/mol. The van der Waals surface area contributed by atoms with E-state index in [-0.39, 0.29) is 6.10 Å². The Morgan fingerprint density at radius 2 is 2.42 bits per heavy atom. The molecule has 1 aliphatic rings. The fourth-order valence-electron chi connectivity index (χ4n) is 1.06. The fraction of sp³-hybridized carbons (Fsp3) is 0.875. The Morgan fingerprint density at radius 1 is 1.50 bits per heavy atom. The van der Waals surface area contributed by atoms with Crippen LogP contribution in [0.4, 0.5) is 0 Å². The van der Waals surface area contributed by atoms with Crippen molar-refractivity contribution in [2.45, 2.75) is 12.5 Å². The Hall–Kier alpha value is -0.630. The molecule has 1 saturated heterocycles. The van der Waals surface area contributed by atoms with E-state index in [1.807, 2.05) is 0 Å². The van der Waals surface area contributed by atoms with Gasteiger partial charge < -0.3 is 14.8 Å². The summed E-state index contributed by atoms with van der Waals surface area (Å²) in [5, 5.41) is 11.4. The van der Waals surface area contributed by atoms with Gasteiger partial charge in [-0.3, -0.25) is 0 Å². The first-order chi connectivity index (χ1) is 5.93. The minimum atomic E-state index is 0.164. The average molecular weight is 170 g/mol. The summed E-state index contributed by atoms with van der Waals surface area (Å²) in [6.45, 7) is 3.57. The van der Waals surface area contributed by atoms with E-state index in [0.717, 1.165) is 13.1 Å². The summed E-state index contributed by atoms with van der Waals surface area (Å²) >= 11 is 0. The molecule has 0 bridgehead atoms. The highest BCUT2D eigenvalue weighted by atomic mass is 16.6. The van der Waals surface area contributed by atoms with Crippen LogP contribution < -0.4 is 5.32 Å². The van der Waals surface area contributed by atoms with Crippen LogP contribution in [-0.4, -0.2) is 39.0 Å². The first-order valence-electron chi connectivity index (χ1n) is 4.20. The summed E-state index contributed by atoms with van der Waals surface area (Å²) in [5.74, 6) is 0. The van der Waals surface area contributed by atoms with Gasteiger partial charge in [0.2, 0.25) is 0 Å². The zero-order valence-electron chi connectivity index (χ0n) is 7.08. The molecule has 1 fully saturated rings. The van der Waals surface area contributed by atoms with Crippen molar-refractivity contribution in [1.82, 2.24) is 5.32 Å². The topological polar surface area (TPSA) is 54.3 Å². The molecule has 0 aromatic heterocycles. The van der Waals surface area contributed by atoms with Gasteiger partial charge in [0.05, 0.1) is 32.0 Å². The van der Waals surface area contributed by atoms with E-state index in [2.05, 4.69) is 11.4 Å². The van der Waals surface area contributed by atoms with Gasteiger partial charge in [-0.1, -0.05) is 0 Å². The van der Waals surface area contributed by atoms with Gasteiger partial charge in [0.1, 0.15) is 0 Å². The van der Waals surface area contributed by atoms with Crippen LogP contribution in [0.1, 0.15) is 6.42 Å². The molecule has 68 valence electrons. The summed E-state index contributed by atoms with van der Waals surface area (Å²) in [5.41, 5.74) is 0. The Labute approximate surface area is 72.5 Å². The maximum absolute atomic E-state index is 8.26. The van der Waals surface area contributed by atoms with Crippen LogP contribution in [0.2, 0.25) is 0 Å². The van der Waals surface area contributed by atoms with Crippen LogP contribution in [-0.2, 0) is 9.47 Å². The number of hydrogen-bond acceptors (Lipinski definition) is 4. The molecule has 0 spiro atoms. The minimum Gasteiger partial charge on any atom is -0.376 e. The Balaban J connectivity index is 1.95. The van der Waals surface area contributed by atoms with Crippen LogP contribution in [0.5, 0.6) is 0 Å². The number of nitriles is 1. The zero-order chi connectivity index (χ0) is 8.65. The molecule has 1 unspecified atom stereocenters. The van der Waals surface area contributed by atoms with Gasteiger partial charge in [0.25, 0.3) is 0 Å². The SMILES string of the molecule is N#CCCNCC1COCCO1. The van der Waals surface area contributed by atoms with E-state index < -0.39 is 0 Å². The summed E-state index contributed by atoms with van der Waals surface area (Å²) in [6.07, 6.45) is 0.713. The first-order valence-corrected chi connectivity index (χ1v) is 4.20. The molecule has 0 radical (unpaired) electrons. The molecular weight excluding hydrogens is 156 g/mol. The predicted molar refractivity (Wildman–Crippen MR) is 43.7 cm³/mol. The second-order valence-corrected chi connectivity index (χ2v) is 2.68. The third kappa shape index (κ3) is 3.67. The molecule has 0 aliphatic carbocycles. The lowest BCUT2D eigenvalue weighted by atomic mass is 10.3. The fourth-order valence-corrected chi connectivity index (χ4v) is 1.06. The molecule has 0 saturated carbocycles. The molecule has 4 heteroatoms. The van der Waals surface area contributed by atoms with Crippen molar-refractivity contribution in [2.24, 2.45) is 0 Å². The molecule has 1 heterocycles. The van der Waals surface area contributed by atoms with Crippen molar-refractivity contribution in [3.8, 4) is 6.07 Å². The van der Waals surface area contributed by atoms with Crippen molar-refractivity contribution in [2.75, 3.05) is 32.9 Å². The van der Waals surface area contributed by atoms with Gasteiger partial charge in [-0.2, -0.15) is 5.26 Å². The van der Waals surface area contributed by atoms with E-state index in [9.17, 15) is 0 Å². The number of nitrogens with one attached hydrogen (secondary N) is 1. The van der Waals surface area contributed by atoms with Gasteiger partial charge in [-0.15, -0.1) is 0 Å². The van der Waals surface area contributed by atoms with Crippen LogP contribution in [0.15, 0.2) is 0 Å². The van der Waals surface area contributed by atoms with Crippen LogP contribution in [0.25, 0.3) is 0 Å². The smallest absolute Gasteiger partial charge is 0.0933 e. The van der Waals surface area contributed by atoms with Crippen LogP contribution >= 0.6 is 0 Å². The molecule has 1 aliphatic heterocycles. The second-order valence-electron chi connectivity index (χ2n) is 2.68. The molecule has 12 heavy (non-hydrogen) atoms. The molecular formula is C8H14N2O2. The van der Waals surface area contributed by atoms with Crippen molar-refractivity contribution < 1.29 is 9.47 Å². The van der Waals surface area contributed by atoms with Crippen molar-refractivity contribution in [3.05, 3.63) is 0 Å². The molecule has 0 aromatic carbocycles. The number of ether oxygens (including phenoxy) is 2. The Kier molecular flexibility index (Phi) is 4.69. The van der Waals surface area contributed by atoms with Crippen molar-refractivity contribution in [3.63, 3.8) is 0 Å².